The molecular weight excluding hydrogens is 322 g/mol. The molecule has 0 saturated heterocycles. The summed E-state index contributed by atoms with van der Waals surface area (Å²) in [5.41, 5.74) is 3.43. The Morgan fingerprint density at radius 3 is 2.31 bits per heavy atom. The van der Waals surface area contributed by atoms with E-state index in [9.17, 15) is 0 Å². The van der Waals surface area contributed by atoms with Crippen LogP contribution in [0.1, 0.15) is 19.4 Å². The summed E-state index contributed by atoms with van der Waals surface area (Å²) in [6.45, 7) is 7.04. The molecule has 5 heteroatoms. The summed E-state index contributed by atoms with van der Waals surface area (Å²) in [4.78, 5) is 11.1. The molecule has 2 N–H and O–H groups in total. The predicted molar refractivity (Wildman–Crippen MR) is 109 cm³/mol. The van der Waals surface area contributed by atoms with E-state index in [2.05, 4.69) is 75.7 Å². The molecule has 0 aliphatic rings. The minimum Gasteiger partial charge on any atom is -0.372 e. The van der Waals surface area contributed by atoms with Gasteiger partial charge in [0.05, 0.1) is 0 Å². The van der Waals surface area contributed by atoms with E-state index in [1.165, 1.54) is 11.3 Å². The van der Waals surface area contributed by atoms with Crippen LogP contribution in [0.3, 0.4) is 0 Å². The lowest BCUT2D eigenvalue weighted by Crippen LogP contribution is -2.21. The third kappa shape index (κ3) is 4.72. The Balaban J connectivity index is 1.63. The molecule has 3 aromatic rings. The standard InChI is InChI=1S/C21H25N5/c1-3-26(4-2)19-12-10-18(11-13-19)24-20-14-15-22-21(25-20)23-16-17-8-6-5-7-9-17/h5-15H,3-4,16H2,1-2H3,(H2,22,23,24,25). The zero-order valence-corrected chi connectivity index (χ0v) is 15.3. The van der Waals surface area contributed by atoms with Crippen LogP contribution in [0.5, 0.6) is 0 Å². The molecule has 0 amide bonds. The van der Waals surface area contributed by atoms with Crippen LogP contribution in [0.4, 0.5) is 23.1 Å². The molecule has 0 saturated carbocycles. The highest BCUT2D eigenvalue weighted by atomic mass is 15.1. The Morgan fingerprint density at radius 1 is 0.885 bits per heavy atom. The lowest BCUT2D eigenvalue weighted by atomic mass is 10.2. The van der Waals surface area contributed by atoms with Gasteiger partial charge in [-0.2, -0.15) is 4.98 Å². The van der Waals surface area contributed by atoms with Crippen LogP contribution in [-0.2, 0) is 6.54 Å². The van der Waals surface area contributed by atoms with Gasteiger partial charge in [-0.3, -0.25) is 0 Å². The third-order valence-corrected chi connectivity index (χ3v) is 4.22. The molecule has 0 unspecified atom stereocenters. The van der Waals surface area contributed by atoms with Gasteiger partial charge in [0.25, 0.3) is 0 Å². The second-order valence-corrected chi connectivity index (χ2v) is 5.95. The molecule has 0 fully saturated rings. The van der Waals surface area contributed by atoms with Crippen molar-refractivity contribution in [2.75, 3.05) is 28.6 Å². The zero-order valence-electron chi connectivity index (χ0n) is 15.3. The monoisotopic (exact) mass is 347 g/mol. The third-order valence-electron chi connectivity index (χ3n) is 4.22. The molecule has 0 aliphatic heterocycles. The number of hydrogen-bond donors (Lipinski definition) is 2. The second-order valence-electron chi connectivity index (χ2n) is 5.95. The molecule has 0 radical (unpaired) electrons. The summed E-state index contributed by atoms with van der Waals surface area (Å²) in [7, 11) is 0. The van der Waals surface area contributed by atoms with Crippen LogP contribution >= 0.6 is 0 Å². The fraction of sp³-hybridized carbons (Fsp3) is 0.238. The smallest absolute Gasteiger partial charge is 0.224 e. The second kappa shape index (κ2) is 8.85. The van der Waals surface area contributed by atoms with Gasteiger partial charge in [0.1, 0.15) is 5.82 Å². The lowest BCUT2D eigenvalue weighted by molar-refractivity contribution is 0.866. The summed E-state index contributed by atoms with van der Waals surface area (Å²) < 4.78 is 0. The summed E-state index contributed by atoms with van der Waals surface area (Å²) in [5.74, 6) is 1.38. The number of hydrogen-bond acceptors (Lipinski definition) is 5. The molecule has 2 aromatic carbocycles. The van der Waals surface area contributed by atoms with Gasteiger partial charge in [0.15, 0.2) is 0 Å². The molecule has 0 atom stereocenters. The summed E-state index contributed by atoms with van der Waals surface area (Å²) in [6.07, 6.45) is 1.76. The Bertz CT molecular complexity index is 798. The van der Waals surface area contributed by atoms with Crippen LogP contribution in [0, 0.1) is 0 Å². The quantitative estimate of drug-likeness (QED) is 0.620. The minimum atomic E-state index is 0.610. The van der Waals surface area contributed by atoms with Gasteiger partial charge < -0.3 is 15.5 Å². The molecule has 5 nitrogen and oxygen atoms in total. The first-order valence-electron chi connectivity index (χ1n) is 9.01. The SMILES string of the molecule is CCN(CC)c1ccc(Nc2ccnc(NCc3ccccc3)n2)cc1. The van der Waals surface area contributed by atoms with E-state index in [1.54, 1.807) is 6.20 Å². The fourth-order valence-corrected chi connectivity index (χ4v) is 2.78. The molecule has 26 heavy (non-hydrogen) atoms. The molecule has 0 aliphatic carbocycles. The number of aromatic nitrogens is 2. The van der Waals surface area contributed by atoms with Gasteiger partial charge in [-0.15, -0.1) is 0 Å². The van der Waals surface area contributed by atoms with Crippen LogP contribution in [0.25, 0.3) is 0 Å². The van der Waals surface area contributed by atoms with Crippen LogP contribution < -0.4 is 15.5 Å². The molecule has 0 spiro atoms. The molecule has 134 valence electrons. The van der Waals surface area contributed by atoms with Crippen molar-refractivity contribution in [2.45, 2.75) is 20.4 Å². The van der Waals surface area contributed by atoms with Gasteiger partial charge in [0.2, 0.25) is 5.95 Å². The maximum absolute atomic E-state index is 4.53. The molecule has 3 rings (SSSR count). The number of nitrogens with one attached hydrogen (secondary N) is 2. The topological polar surface area (TPSA) is 53.1 Å². The first-order chi connectivity index (χ1) is 12.8. The Kier molecular flexibility index (Phi) is 6.04. The van der Waals surface area contributed by atoms with Crippen LogP contribution in [-0.4, -0.2) is 23.1 Å². The Hall–Kier alpha value is -3.08. The van der Waals surface area contributed by atoms with E-state index < -0.39 is 0 Å². The molecule has 1 heterocycles. The summed E-state index contributed by atoms with van der Waals surface area (Å²) >= 11 is 0. The van der Waals surface area contributed by atoms with E-state index in [-0.39, 0.29) is 0 Å². The van der Waals surface area contributed by atoms with Gasteiger partial charge in [-0.1, -0.05) is 30.3 Å². The van der Waals surface area contributed by atoms with Gasteiger partial charge >= 0.3 is 0 Å². The van der Waals surface area contributed by atoms with Crippen molar-refractivity contribution in [3.63, 3.8) is 0 Å². The van der Waals surface area contributed by atoms with Crippen molar-refractivity contribution in [3.8, 4) is 0 Å². The van der Waals surface area contributed by atoms with E-state index in [0.29, 0.717) is 12.5 Å². The average Bonchev–Trinajstić information content (AvgIpc) is 2.70. The largest absolute Gasteiger partial charge is 0.372 e. The fourth-order valence-electron chi connectivity index (χ4n) is 2.78. The highest BCUT2D eigenvalue weighted by Crippen LogP contribution is 2.20. The minimum absolute atomic E-state index is 0.610. The number of nitrogens with zero attached hydrogens (tertiary/aromatic N) is 3. The highest BCUT2D eigenvalue weighted by molar-refractivity contribution is 5.61. The number of rotatable bonds is 8. The first-order valence-corrected chi connectivity index (χ1v) is 9.01. The Labute approximate surface area is 155 Å². The van der Waals surface area contributed by atoms with Crippen molar-refractivity contribution < 1.29 is 0 Å². The average molecular weight is 347 g/mol. The maximum Gasteiger partial charge on any atom is 0.224 e. The Morgan fingerprint density at radius 2 is 1.62 bits per heavy atom. The van der Waals surface area contributed by atoms with Gasteiger partial charge in [-0.25, -0.2) is 4.98 Å². The van der Waals surface area contributed by atoms with Crippen molar-refractivity contribution in [2.24, 2.45) is 0 Å². The zero-order chi connectivity index (χ0) is 18.2. The summed E-state index contributed by atoms with van der Waals surface area (Å²) in [5, 5.41) is 6.59. The van der Waals surface area contributed by atoms with E-state index >= 15 is 0 Å². The van der Waals surface area contributed by atoms with Crippen molar-refractivity contribution in [1.82, 2.24) is 9.97 Å². The summed E-state index contributed by atoms with van der Waals surface area (Å²) in [6, 6.07) is 20.5. The number of anilines is 4. The van der Waals surface area contributed by atoms with Crippen LogP contribution in [0.15, 0.2) is 66.9 Å². The van der Waals surface area contributed by atoms with Crippen molar-refractivity contribution in [1.29, 1.82) is 0 Å². The van der Waals surface area contributed by atoms with Gasteiger partial charge in [-0.05, 0) is 49.7 Å². The van der Waals surface area contributed by atoms with E-state index in [4.69, 9.17) is 0 Å². The van der Waals surface area contributed by atoms with Crippen molar-refractivity contribution in [3.05, 3.63) is 72.4 Å². The van der Waals surface area contributed by atoms with Crippen molar-refractivity contribution >= 4 is 23.1 Å². The van der Waals surface area contributed by atoms with E-state index in [0.717, 1.165) is 24.6 Å². The highest BCUT2D eigenvalue weighted by Gasteiger charge is 2.03. The van der Waals surface area contributed by atoms with E-state index in [1.807, 2.05) is 24.3 Å². The first kappa shape index (κ1) is 17.7. The van der Waals surface area contributed by atoms with Gasteiger partial charge in [0, 0.05) is 37.2 Å². The molecule has 1 aromatic heterocycles. The molecular formula is C21H25N5. The predicted octanol–water partition coefficient (Wildman–Crippen LogP) is 4.68. The lowest BCUT2D eigenvalue weighted by Gasteiger charge is -2.21. The van der Waals surface area contributed by atoms with Crippen LogP contribution in [0.2, 0.25) is 0 Å². The number of benzene rings is 2. The molecule has 0 bridgehead atoms. The normalized spacial score (nSPS) is 10.4. The maximum atomic E-state index is 4.53.